The molecule has 2 rings (SSSR count). The van der Waals surface area contributed by atoms with E-state index in [1.54, 1.807) is 6.33 Å². The minimum absolute atomic E-state index is 0.497. The summed E-state index contributed by atoms with van der Waals surface area (Å²) in [6.07, 6.45) is 3.94. The summed E-state index contributed by atoms with van der Waals surface area (Å²) in [5, 5.41) is 0. The van der Waals surface area contributed by atoms with Crippen molar-refractivity contribution in [2.75, 3.05) is 24.6 Å². The van der Waals surface area contributed by atoms with Gasteiger partial charge in [0.1, 0.15) is 12.1 Å². The summed E-state index contributed by atoms with van der Waals surface area (Å²) < 4.78 is 5.42. The monoisotopic (exact) mass is 250 g/mol. The molecule has 2 atom stereocenters. The second kappa shape index (κ2) is 6.00. The number of hydrogen-bond donors (Lipinski definition) is 1. The Balaban J connectivity index is 2.15. The molecule has 1 aromatic rings. The minimum atomic E-state index is 0.497. The van der Waals surface area contributed by atoms with E-state index in [2.05, 4.69) is 21.8 Å². The Kier molecular flexibility index (Phi) is 4.36. The first-order valence-corrected chi connectivity index (χ1v) is 6.66. The number of nitrogens with two attached hydrogens (primary N) is 1. The molecule has 100 valence electrons. The highest BCUT2D eigenvalue weighted by molar-refractivity contribution is 5.42. The van der Waals surface area contributed by atoms with Crippen molar-refractivity contribution < 1.29 is 4.74 Å². The number of piperidine rings is 1. The fraction of sp³-hybridized carbons (Fsp3) is 0.692. The lowest BCUT2D eigenvalue weighted by atomic mass is 9.93. The Morgan fingerprint density at radius 2 is 2.28 bits per heavy atom. The summed E-state index contributed by atoms with van der Waals surface area (Å²) in [5.74, 6) is 2.15. The van der Waals surface area contributed by atoms with Gasteiger partial charge in [-0.1, -0.05) is 0 Å². The number of hydrogen-bond acceptors (Lipinski definition) is 5. The van der Waals surface area contributed by atoms with Crippen LogP contribution in [0.5, 0.6) is 5.88 Å². The van der Waals surface area contributed by atoms with Crippen LogP contribution in [0.3, 0.4) is 0 Å². The molecule has 0 radical (unpaired) electrons. The van der Waals surface area contributed by atoms with Gasteiger partial charge in [0.2, 0.25) is 5.88 Å². The van der Waals surface area contributed by atoms with Gasteiger partial charge in [0, 0.05) is 18.7 Å². The van der Waals surface area contributed by atoms with Crippen molar-refractivity contribution in [1.29, 1.82) is 0 Å². The summed E-state index contributed by atoms with van der Waals surface area (Å²) >= 11 is 0. The van der Waals surface area contributed by atoms with Crippen LogP contribution in [0.4, 0.5) is 5.82 Å². The Morgan fingerprint density at radius 3 is 3.00 bits per heavy atom. The third kappa shape index (κ3) is 2.90. The van der Waals surface area contributed by atoms with Gasteiger partial charge in [0.15, 0.2) is 0 Å². The molecule has 0 bridgehead atoms. The van der Waals surface area contributed by atoms with E-state index in [-0.39, 0.29) is 0 Å². The summed E-state index contributed by atoms with van der Waals surface area (Å²) in [7, 11) is 0. The van der Waals surface area contributed by atoms with E-state index in [9.17, 15) is 0 Å². The molecule has 18 heavy (non-hydrogen) atoms. The smallest absolute Gasteiger partial charge is 0.218 e. The number of anilines is 1. The average Bonchev–Trinajstić information content (AvgIpc) is 2.40. The first-order valence-electron chi connectivity index (χ1n) is 6.66. The summed E-state index contributed by atoms with van der Waals surface area (Å²) in [6, 6.07) is 2.41. The highest BCUT2D eigenvalue weighted by atomic mass is 16.5. The number of rotatable bonds is 4. The van der Waals surface area contributed by atoms with E-state index in [1.165, 1.54) is 6.42 Å². The Labute approximate surface area is 108 Å². The molecule has 2 unspecified atom stereocenters. The van der Waals surface area contributed by atoms with Crippen molar-refractivity contribution in [3.8, 4) is 5.88 Å². The van der Waals surface area contributed by atoms with Gasteiger partial charge in [-0.05, 0) is 39.2 Å². The largest absolute Gasteiger partial charge is 0.478 e. The van der Waals surface area contributed by atoms with E-state index >= 15 is 0 Å². The molecule has 5 heteroatoms. The first kappa shape index (κ1) is 13.1. The van der Waals surface area contributed by atoms with Crippen LogP contribution in [-0.4, -0.2) is 35.7 Å². The topological polar surface area (TPSA) is 64.3 Å². The second-order valence-electron chi connectivity index (χ2n) is 4.83. The molecule has 0 aliphatic carbocycles. The van der Waals surface area contributed by atoms with Crippen molar-refractivity contribution in [2.24, 2.45) is 11.7 Å². The molecule has 1 aliphatic heterocycles. The van der Waals surface area contributed by atoms with Crippen molar-refractivity contribution in [1.82, 2.24) is 9.97 Å². The lowest BCUT2D eigenvalue weighted by molar-refractivity contribution is 0.325. The number of nitrogens with zero attached hydrogens (tertiary/aromatic N) is 3. The van der Waals surface area contributed by atoms with Gasteiger partial charge in [-0.2, -0.15) is 0 Å². The van der Waals surface area contributed by atoms with Crippen LogP contribution in [0.1, 0.15) is 26.7 Å². The van der Waals surface area contributed by atoms with E-state index in [0.717, 1.165) is 25.3 Å². The molecule has 1 aliphatic rings. The summed E-state index contributed by atoms with van der Waals surface area (Å²) in [6.45, 7) is 6.52. The Hall–Kier alpha value is -1.36. The fourth-order valence-corrected chi connectivity index (χ4v) is 2.41. The molecule has 1 saturated heterocycles. The van der Waals surface area contributed by atoms with Crippen molar-refractivity contribution >= 4 is 5.82 Å². The predicted molar refractivity (Wildman–Crippen MR) is 71.8 cm³/mol. The van der Waals surface area contributed by atoms with Gasteiger partial charge in [-0.15, -0.1) is 0 Å². The van der Waals surface area contributed by atoms with Gasteiger partial charge in [-0.25, -0.2) is 9.97 Å². The molecule has 1 aromatic heterocycles. The first-order chi connectivity index (χ1) is 8.74. The number of aromatic nitrogens is 2. The van der Waals surface area contributed by atoms with E-state index in [1.807, 2.05) is 13.0 Å². The predicted octanol–water partition coefficient (Wildman–Crippen LogP) is 1.44. The highest BCUT2D eigenvalue weighted by Crippen LogP contribution is 2.27. The van der Waals surface area contributed by atoms with E-state index in [0.29, 0.717) is 24.4 Å². The third-order valence-corrected chi connectivity index (χ3v) is 3.53. The molecule has 5 nitrogen and oxygen atoms in total. The van der Waals surface area contributed by atoms with Crippen LogP contribution in [0.2, 0.25) is 0 Å². The van der Waals surface area contributed by atoms with Crippen LogP contribution in [0.15, 0.2) is 12.4 Å². The lowest BCUT2D eigenvalue weighted by Gasteiger charge is -2.38. The average molecular weight is 250 g/mol. The second-order valence-corrected chi connectivity index (χ2v) is 4.83. The molecule has 1 fully saturated rings. The molecule has 0 saturated carbocycles. The van der Waals surface area contributed by atoms with Crippen LogP contribution in [0.25, 0.3) is 0 Å². The van der Waals surface area contributed by atoms with E-state index < -0.39 is 0 Å². The van der Waals surface area contributed by atoms with Crippen LogP contribution in [-0.2, 0) is 0 Å². The van der Waals surface area contributed by atoms with Gasteiger partial charge in [0.05, 0.1) is 6.61 Å². The zero-order valence-electron chi connectivity index (χ0n) is 11.2. The van der Waals surface area contributed by atoms with Crippen LogP contribution >= 0.6 is 0 Å². The standard InChI is InChI=1S/C13H22N4O/c1-3-18-13-6-12(15-9-16-13)17-8-11(7-14)5-4-10(17)2/h6,9-11H,3-5,7-8,14H2,1-2H3. The SMILES string of the molecule is CCOc1cc(N2CC(CN)CCC2C)ncn1. The van der Waals surface area contributed by atoms with Crippen LogP contribution in [0, 0.1) is 5.92 Å². The Bertz CT molecular complexity index is 385. The molecule has 0 amide bonds. The molecule has 2 N–H and O–H groups in total. The molecule has 0 aromatic carbocycles. The van der Waals surface area contributed by atoms with Crippen molar-refractivity contribution in [3.05, 3.63) is 12.4 Å². The van der Waals surface area contributed by atoms with Gasteiger partial charge in [-0.3, -0.25) is 0 Å². The quantitative estimate of drug-likeness (QED) is 0.876. The summed E-state index contributed by atoms with van der Waals surface area (Å²) in [4.78, 5) is 10.8. The maximum Gasteiger partial charge on any atom is 0.218 e. The minimum Gasteiger partial charge on any atom is -0.478 e. The van der Waals surface area contributed by atoms with Crippen molar-refractivity contribution in [3.63, 3.8) is 0 Å². The summed E-state index contributed by atoms with van der Waals surface area (Å²) in [5.41, 5.74) is 5.78. The maximum absolute atomic E-state index is 5.78. The fourth-order valence-electron chi connectivity index (χ4n) is 2.41. The molecular weight excluding hydrogens is 228 g/mol. The van der Waals surface area contributed by atoms with E-state index in [4.69, 9.17) is 10.5 Å². The zero-order valence-corrected chi connectivity index (χ0v) is 11.2. The maximum atomic E-state index is 5.78. The third-order valence-electron chi connectivity index (χ3n) is 3.53. The van der Waals surface area contributed by atoms with Gasteiger partial charge >= 0.3 is 0 Å². The molecule has 2 heterocycles. The molecule has 0 spiro atoms. The Morgan fingerprint density at radius 1 is 1.44 bits per heavy atom. The van der Waals surface area contributed by atoms with Crippen molar-refractivity contribution in [2.45, 2.75) is 32.7 Å². The molecular formula is C13H22N4O. The van der Waals surface area contributed by atoms with Gasteiger partial charge < -0.3 is 15.4 Å². The lowest BCUT2D eigenvalue weighted by Crippen LogP contribution is -2.44. The van der Waals surface area contributed by atoms with Crippen LogP contribution < -0.4 is 15.4 Å². The van der Waals surface area contributed by atoms with Gasteiger partial charge in [0.25, 0.3) is 0 Å². The normalized spacial score (nSPS) is 24.1. The highest BCUT2D eigenvalue weighted by Gasteiger charge is 2.25. The number of ether oxygens (including phenoxy) is 1. The zero-order chi connectivity index (χ0) is 13.0.